The van der Waals surface area contributed by atoms with E-state index in [0.717, 1.165) is 5.56 Å². The maximum absolute atomic E-state index is 10.9. The normalized spacial score (nSPS) is 17.1. The molecule has 1 heterocycles. The Balaban J connectivity index is 2.10. The van der Waals surface area contributed by atoms with Crippen molar-refractivity contribution in [1.29, 1.82) is 0 Å². The fourth-order valence-corrected chi connectivity index (χ4v) is 2.34. The van der Waals surface area contributed by atoms with Gasteiger partial charge in [-0.15, -0.1) is 0 Å². The smallest absolute Gasteiger partial charge is 0.469 e. The maximum Gasteiger partial charge on any atom is 0.469 e. The molecule has 1 aliphatic heterocycles. The number of allylic oxidation sites excluding steroid dienone is 2. The van der Waals surface area contributed by atoms with Crippen molar-refractivity contribution in [3.63, 3.8) is 0 Å². The molecule has 8 nitrogen and oxygen atoms in total. The van der Waals surface area contributed by atoms with E-state index in [9.17, 15) is 14.8 Å². The number of nitrogens with zero attached hydrogens (tertiary/aromatic N) is 1. The standard InChI is InChI=1S/C16H19N2O6P/c1-11-16(20)15(13(8-18-11)10-24-25(21,22)23)9-17-7-6-12-2-4-14(19)5-3-12/h2-5,7-9,18-20H,6,10H2,1H3,(H2,21,22,23)/b15-9-,17-7?. The zero-order valence-electron chi connectivity index (χ0n) is 13.5. The van der Waals surface area contributed by atoms with Crippen molar-refractivity contribution < 1.29 is 29.1 Å². The highest BCUT2D eigenvalue weighted by Crippen LogP contribution is 2.37. The highest BCUT2D eigenvalue weighted by Gasteiger charge is 2.21. The highest BCUT2D eigenvalue weighted by atomic mass is 31.2. The highest BCUT2D eigenvalue weighted by molar-refractivity contribution is 7.46. The molecule has 0 spiro atoms. The Morgan fingerprint density at radius 3 is 2.56 bits per heavy atom. The molecule has 0 unspecified atom stereocenters. The van der Waals surface area contributed by atoms with Crippen molar-refractivity contribution in [3.8, 4) is 5.75 Å². The predicted octanol–water partition coefficient (Wildman–Crippen LogP) is 2.28. The Morgan fingerprint density at radius 1 is 1.24 bits per heavy atom. The monoisotopic (exact) mass is 366 g/mol. The van der Waals surface area contributed by atoms with Crippen molar-refractivity contribution in [2.75, 3.05) is 6.61 Å². The van der Waals surface area contributed by atoms with Crippen LogP contribution < -0.4 is 5.32 Å². The fourth-order valence-electron chi connectivity index (χ4n) is 2.03. The number of phenols is 1. The van der Waals surface area contributed by atoms with Crippen molar-refractivity contribution in [2.45, 2.75) is 13.3 Å². The Kier molecular flexibility index (Phi) is 6.17. The van der Waals surface area contributed by atoms with E-state index in [0.29, 0.717) is 23.3 Å². The Bertz CT molecular complexity index is 789. The van der Waals surface area contributed by atoms with Gasteiger partial charge in [-0.25, -0.2) is 4.57 Å². The molecular formula is C16H19N2O6P. The van der Waals surface area contributed by atoms with Crippen molar-refractivity contribution in [2.24, 2.45) is 4.99 Å². The van der Waals surface area contributed by atoms with Crippen molar-refractivity contribution >= 4 is 14.0 Å². The number of nitrogens with one attached hydrogen (secondary N) is 1. The van der Waals surface area contributed by atoms with E-state index in [1.807, 2.05) is 0 Å². The summed E-state index contributed by atoms with van der Waals surface area (Å²) in [6, 6.07) is 6.68. The van der Waals surface area contributed by atoms with Gasteiger partial charge in [-0.05, 0) is 24.6 Å². The summed E-state index contributed by atoms with van der Waals surface area (Å²) in [4.78, 5) is 21.8. The minimum Gasteiger partial charge on any atom is -0.508 e. The SMILES string of the molecule is CC1=C(O)/C(=C\N=CCc2ccc(O)cc2)C(COP(=O)(O)O)=CN1. The van der Waals surface area contributed by atoms with Crippen molar-refractivity contribution in [1.82, 2.24) is 5.32 Å². The van der Waals surface area contributed by atoms with Gasteiger partial charge in [0.1, 0.15) is 11.5 Å². The second-order valence-corrected chi connectivity index (χ2v) is 6.54. The van der Waals surface area contributed by atoms with Crippen LogP contribution in [0.2, 0.25) is 0 Å². The quantitative estimate of drug-likeness (QED) is 0.385. The van der Waals surface area contributed by atoms with Gasteiger partial charge in [0, 0.05) is 36.2 Å². The largest absolute Gasteiger partial charge is 0.508 e. The molecule has 0 radical (unpaired) electrons. The summed E-state index contributed by atoms with van der Waals surface area (Å²) in [5.41, 5.74) is 2.10. The number of dihydropyridines is 1. The number of aliphatic hydroxyl groups is 1. The Hall–Kier alpha value is -2.38. The molecular weight excluding hydrogens is 347 g/mol. The summed E-state index contributed by atoms with van der Waals surface area (Å²) < 4.78 is 15.3. The topological polar surface area (TPSA) is 132 Å². The van der Waals surface area contributed by atoms with Gasteiger partial charge in [0.05, 0.1) is 12.3 Å². The van der Waals surface area contributed by atoms with Gasteiger partial charge in [0.25, 0.3) is 0 Å². The molecule has 0 bridgehead atoms. The van der Waals surface area contributed by atoms with Crippen LogP contribution in [0.3, 0.4) is 0 Å². The molecule has 5 N–H and O–H groups in total. The molecule has 25 heavy (non-hydrogen) atoms. The molecule has 0 saturated heterocycles. The second-order valence-electron chi connectivity index (χ2n) is 5.30. The lowest BCUT2D eigenvalue weighted by atomic mass is 10.0. The van der Waals surface area contributed by atoms with Crippen LogP contribution in [0.15, 0.2) is 64.3 Å². The van der Waals surface area contributed by atoms with Gasteiger partial charge in [-0.3, -0.25) is 9.52 Å². The van der Waals surface area contributed by atoms with Crippen LogP contribution in [-0.2, 0) is 15.5 Å². The Labute approximate surface area is 144 Å². The molecule has 134 valence electrons. The molecule has 9 heteroatoms. The Morgan fingerprint density at radius 2 is 1.92 bits per heavy atom. The molecule has 0 aromatic heterocycles. The maximum atomic E-state index is 10.9. The average Bonchev–Trinajstić information content (AvgIpc) is 2.55. The first kappa shape index (κ1) is 19.0. The van der Waals surface area contributed by atoms with Gasteiger partial charge >= 0.3 is 7.82 Å². The first-order valence-corrected chi connectivity index (χ1v) is 8.85. The van der Waals surface area contributed by atoms with Gasteiger partial charge in [0.15, 0.2) is 0 Å². The molecule has 1 aromatic rings. The summed E-state index contributed by atoms with van der Waals surface area (Å²) in [5.74, 6) is 0.108. The number of hydrogen-bond donors (Lipinski definition) is 5. The van der Waals surface area contributed by atoms with E-state index >= 15 is 0 Å². The second kappa shape index (κ2) is 8.13. The first-order valence-electron chi connectivity index (χ1n) is 7.32. The van der Waals surface area contributed by atoms with E-state index in [1.54, 1.807) is 37.4 Å². The lowest BCUT2D eigenvalue weighted by Gasteiger charge is -2.19. The number of aliphatic imine (C=N–C) groups is 1. The molecule has 1 aromatic carbocycles. The van der Waals surface area contributed by atoms with Crippen LogP contribution in [0.5, 0.6) is 5.75 Å². The summed E-state index contributed by atoms with van der Waals surface area (Å²) in [7, 11) is -4.62. The number of phosphoric ester groups is 1. The van der Waals surface area contributed by atoms with Gasteiger partial charge in [-0.1, -0.05) is 12.1 Å². The lowest BCUT2D eigenvalue weighted by Crippen LogP contribution is -2.17. The third-order valence-corrected chi connectivity index (χ3v) is 3.85. The van der Waals surface area contributed by atoms with Gasteiger partial charge < -0.3 is 25.3 Å². The third kappa shape index (κ3) is 5.88. The number of aliphatic hydroxyl groups excluding tert-OH is 1. The average molecular weight is 366 g/mol. The van der Waals surface area contributed by atoms with Crippen LogP contribution in [-0.4, -0.2) is 32.8 Å². The summed E-state index contributed by atoms with van der Waals surface area (Å²) in [5, 5.41) is 22.2. The van der Waals surface area contributed by atoms with Gasteiger partial charge in [-0.2, -0.15) is 0 Å². The van der Waals surface area contributed by atoms with Crippen LogP contribution in [0.25, 0.3) is 0 Å². The number of rotatable bonds is 6. The minimum absolute atomic E-state index is 0.0754. The van der Waals surface area contributed by atoms with E-state index in [1.165, 1.54) is 12.4 Å². The van der Waals surface area contributed by atoms with Crippen LogP contribution in [0.1, 0.15) is 12.5 Å². The van der Waals surface area contributed by atoms with Gasteiger partial charge in [0.2, 0.25) is 0 Å². The van der Waals surface area contributed by atoms with E-state index in [4.69, 9.17) is 9.79 Å². The molecule has 1 aliphatic rings. The van der Waals surface area contributed by atoms with Crippen LogP contribution in [0, 0.1) is 0 Å². The molecule has 0 fully saturated rings. The van der Waals surface area contributed by atoms with E-state index in [-0.39, 0.29) is 18.1 Å². The molecule has 0 saturated carbocycles. The van der Waals surface area contributed by atoms with E-state index in [2.05, 4.69) is 14.8 Å². The predicted molar refractivity (Wildman–Crippen MR) is 92.9 cm³/mol. The first-order chi connectivity index (χ1) is 11.8. The molecule has 0 aliphatic carbocycles. The zero-order valence-corrected chi connectivity index (χ0v) is 14.3. The fraction of sp³-hybridized carbons (Fsp3) is 0.188. The third-order valence-electron chi connectivity index (χ3n) is 3.38. The number of phosphoric acid groups is 1. The lowest BCUT2D eigenvalue weighted by molar-refractivity contribution is 0.211. The molecule has 0 atom stereocenters. The summed E-state index contributed by atoms with van der Waals surface area (Å²) in [6.07, 6.45) is 5.02. The van der Waals surface area contributed by atoms with Crippen LogP contribution >= 0.6 is 7.82 Å². The number of aromatic hydroxyl groups is 1. The molecule has 2 rings (SSSR count). The van der Waals surface area contributed by atoms with Crippen molar-refractivity contribution in [3.05, 3.63) is 64.8 Å². The zero-order chi connectivity index (χ0) is 18.4. The summed E-state index contributed by atoms with van der Waals surface area (Å²) >= 11 is 0. The minimum atomic E-state index is -4.62. The summed E-state index contributed by atoms with van der Waals surface area (Å²) in [6.45, 7) is 1.27. The number of phenolic OH excluding ortho intramolecular Hbond substituents is 1. The molecule has 0 amide bonds. The van der Waals surface area contributed by atoms with Crippen LogP contribution in [0.4, 0.5) is 0 Å². The van der Waals surface area contributed by atoms with E-state index < -0.39 is 7.82 Å². The number of benzene rings is 1. The number of hydrogen-bond acceptors (Lipinski definition) is 6.